The Morgan fingerprint density at radius 2 is 2.06 bits per heavy atom. The zero-order chi connectivity index (χ0) is 22.7. The van der Waals surface area contributed by atoms with Crippen LogP contribution in [0.25, 0.3) is 0 Å². The molecule has 1 fully saturated rings. The number of anilines is 3. The molecule has 0 bridgehead atoms. The number of nitrogens with two attached hydrogens (primary N) is 1. The van der Waals surface area contributed by atoms with Crippen molar-refractivity contribution in [3.63, 3.8) is 0 Å². The van der Waals surface area contributed by atoms with Gasteiger partial charge in [-0.2, -0.15) is 0 Å². The van der Waals surface area contributed by atoms with Gasteiger partial charge < -0.3 is 26.0 Å². The molecule has 0 spiro atoms. The largest absolute Gasteiger partial charge is 0.472 e. The van der Waals surface area contributed by atoms with E-state index in [0.29, 0.717) is 11.4 Å². The normalized spacial score (nSPS) is 18.6. The van der Waals surface area contributed by atoms with E-state index in [0.717, 1.165) is 59.8 Å². The molecule has 0 radical (unpaired) electrons. The lowest BCUT2D eigenvalue weighted by molar-refractivity contribution is -0.113. The van der Waals surface area contributed by atoms with Crippen LogP contribution < -0.4 is 21.3 Å². The molecule has 3 heterocycles. The highest BCUT2D eigenvalue weighted by Crippen LogP contribution is 2.34. The van der Waals surface area contributed by atoms with Gasteiger partial charge in [0.15, 0.2) is 6.23 Å². The molecule has 8 nitrogen and oxygen atoms in total. The summed E-state index contributed by atoms with van der Waals surface area (Å²) in [5, 5.41) is 6.22. The van der Waals surface area contributed by atoms with Crippen LogP contribution in [-0.4, -0.2) is 36.7 Å². The van der Waals surface area contributed by atoms with E-state index in [1.54, 1.807) is 13.2 Å². The number of aryl methyl sites for hydroxylation is 1. The molecule has 32 heavy (non-hydrogen) atoms. The van der Waals surface area contributed by atoms with Crippen LogP contribution in [-0.2, 0) is 9.53 Å². The molecule has 2 aliphatic rings. The standard InChI is InChI=1S/C24H30N6O2/c1-15-11-17(7-8-27-15)24-29-21(14-32-24)23(31)28-20-12-18(16(2)26-3)19(25)13-22(20)30-9-5-4-6-10-30/h7-8,11-14,24,29H,4-6,9-10,25H2,1-3H3,(H,28,31). The monoisotopic (exact) mass is 434 g/mol. The number of hydrogen-bond donors (Lipinski definition) is 3. The first kappa shape index (κ1) is 21.7. The summed E-state index contributed by atoms with van der Waals surface area (Å²) in [4.78, 5) is 23.9. The number of carbonyl (C=O) groups excluding carboxylic acids is 1. The average molecular weight is 435 g/mol. The third kappa shape index (κ3) is 4.54. The number of amides is 1. The fourth-order valence-electron chi connectivity index (χ4n) is 4.08. The van der Waals surface area contributed by atoms with Crippen molar-refractivity contribution in [1.29, 1.82) is 0 Å². The van der Waals surface area contributed by atoms with Gasteiger partial charge in [-0.25, -0.2) is 0 Å². The molecule has 1 amide bonds. The topological polar surface area (TPSA) is 105 Å². The second-order valence-corrected chi connectivity index (χ2v) is 8.19. The number of nitrogens with zero attached hydrogens (tertiary/aromatic N) is 3. The summed E-state index contributed by atoms with van der Waals surface area (Å²) in [6.45, 7) is 5.71. The lowest BCUT2D eigenvalue weighted by atomic mass is 10.0. The van der Waals surface area contributed by atoms with Gasteiger partial charge in [0.25, 0.3) is 5.91 Å². The van der Waals surface area contributed by atoms with Crippen LogP contribution in [0, 0.1) is 6.92 Å². The van der Waals surface area contributed by atoms with E-state index in [1.165, 1.54) is 12.7 Å². The van der Waals surface area contributed by atoms with Crippen LogP contribution in [0.1, 0.15) is 49.2 Å². The van der Waals surface area contributed by atoms with Crippen molar-refractivity contribution in [2.24, 2.45) is 4.99 Å². The minimum atomic E-state index is -0.421. The van der Waals surface area contributed by atoms with Gasteiger partial charge in [-0.05, 0) is 57.4 Å². The zero-order valence-electron chi connectivity index (χ0n) is 18.8. The highest BCUT2D eigenvalue weighted by atomic mass is 16.5. The number of hydrogen-bond acceptors (Lipinski definition) is 7. The first-order chi connectivity index (χ1) is 15.5. The number of ether oxygens (including phenoxy) is 1. The maximum absolute atomic E-state index is 13.1. The highest BCUT2D eigenvalue weighted by Gasteiger charge is 2.26. The molecule has 168 valence electrons. The van der Waals surface area contributed by atoms with E-state index in [9.17, 15) is 4.79 Å². The number of rotatable bonds is 5. The summed E-state index contributed by atoms with van der Waals surface area (Å²) >= 11 is 0. The van der Waals surface area contributed by atoms with E-state index < -0.39 is 6.23 Å². The predicted octanol–water partition coefficient (Wildman–Crippen LogP) is 3.50. The second-order valence-electron chi connectivity index (χ2n) is 8.19. The molecule has 1 aromatic carbocycles. The summed E-state index contributed by atoms with van der Waals surface area (Å²) in [6, 6.07) is 7.66. The van der Waals surface area contributed by atoms with Crippen molar-refractivity contribution >= 4 is 28.7 Å². The number of piperidine rings is 1. The van der Waals surface area contributed by atoms with Gasteiger partial charge in [0.1, 0.15) is 12.0 Å². The molecule has 0 saturated carbocycles. The Balaban J connectivity index is 1.57. The van der Waals surface area contributed by atoms with Crippen LogP contribution in [0.3, 0.4) is 0 Å². The molecule has 1 unspecified atom stereocenters. The van der Waals surface area contributed by atoms with Crippen LogP contribution in [0.15, 0.2) is 47.4 Å². The van der Waals surface area contributed by atoms with E-state index in [2.05, 4.69) is 25.5 Å². The second kappa shape index (κ2) is 9.30. The van der Waals surface area contributed by atoms with Gasteiger partial charge in [0, 0.05) is 54.6 Å². The Kier molecular flexibility index (Phi) is 6.30. The first-order valence-electron chi connectivity index (χ1n) is 10.9. The fourth-order valence-corrected chi connectivity index (χ4v) is 4.08. The molecular weight excluding hydrogens is 404 g/mol. The van der Waals surface area contributed by atoms with Gasteiger partial charge in [-0.3, -0.25) is 14.8 Å². The molecule has 2 aromatic rings. The molecule has 4 N–H and O–H groups in total. The summed E-state index contributed by atoms with van der Waals surface area (Å²) in [5.41, 5.74) is 12.5. The number of nitrogens with one attached hydrogen (secondary N) is 2. The summed E-state index contributed by atoms with van der Waals surface area (Å²) in [7, 11) is 1.73. The van der Waals surface area contributed by atoms with E-state index >= 15 is 0 Å². The Labute approximate surface area is 188 Å². The zero-order valence-corrected chi connectivity index (χ0v) is 18.8. The van der Waals surface area contributed by atoms with Gasteiger partial charge in [0.05, 0.1) is 11.4 Å². The Hall–Kier alpha value is -3.55. The minimum Gasteiger partial charge on any atom is -0.472 e. The van der Waals surface area contributed by atoms with Crippen molar-refractivity contribution in [1.82, 2.24) is 10.3 Å². The quantitative estimate of drug-likeness (QED) is 0.491. The first-order valence-corrected chi connectivity index (χ1v) is 10.9. The molecule has 0 aliphatic carbocycles. The average Bonchev–Trinajstić information content (AvgIpc) is 3.30. The van der Waals surface area contributed by atoms with Gasteiger partial charge >= 0.3 is 0 Å². The highest BCUT2D eigenvalue weighted by molar-refractivity contribution is 6.09. The number of carbonyl (C=O) groups is 1. The van der Waals surface area contributed by atoms with Gasteiger partial charge in [-0.1, -0.05) is 0 Å². The molecule has 8 heteroatoms. The van der Waals surface area contributed by atoms with Crippen molar-refractivity contribution in [2.75, 3.05) is 36.1 Å². The Morgan fingerprint density at radius 3 is 2.78 bits per heavy atom. The molecule has 1 aromatic heterocycles. The number of nitrogen functional groups attached to an aromatic ring is 1. The van der Waals surface area contributed by atoms with E-state index in [1.807, 2.05) is 38.1 Å². The number of aliphatic imine (C=N–C) groups is 1. The van der Waals surface area contributed by atoms with E-state index in [-0.39, 0.29) is 5.91 Å². The molecule has 4 rings (SSSR count). The fraction of sp³-hybridized carbons (Fsp3) is 0.375. The van der Waals surface area contributed by atoms with Crippen molar-refractivity contribution in [3.05, 3.63) is 59.2 Å². The van der Waals surface area contributed by atoms with Gasteiger partial charge in [0.2, 0.25) is 0 Å². The smallest absolute Gasteiger partial charge is 0.275 e. The van der Waals surface area contributed by atoms with Crippen molar-refractivity contribution in [2.45, 2.75) is 39.3 Å². The SMILES string of the molecule is CN=C(C)c1cc(NC(=O)C2=COC(c3ccnc(C)c3)N2)c(N2CCCCC2)cc1N. The maximum atomic E-state index is 13.1. The third-order valence-electron chi connectivity index (χ3n) is 5.91. The Morgan fingerprint density at radius 1 is 1.28 bits per heavy atom. The van der Waals surface area contributed by atoms with Crippen molar-refractivity contribution in [3.8, 4) is 0 Å². The molecule has 1 saturated heterocycles. The predicted molar refractivity (Wildman–Crippen MR) is 128 cm³/mol. The van der Waals surface area contributed by atoms with E-state index in [4.69, 9.17) is 10.5 Å². The molecule has 1 atom stereocenters. The van der Waals surface area contributed by atoms with Crippen LogP contribution in [0.5, 0.6) is 0 Å². The van der Waals surface area contributed by atoms with Crippen LogP contribution in [0.2, 0.25) is 0 Å². The van der Waals surface area contributed by atoms with Gasteiger partial charge in [-0.15, -0.1) is 0 Å². The Bertz CT molecular complexity index is 1070. The number of aromatic nitrogens is 1. The van der Waals surface area contributed by atoms with Crippen LogP contribution >= 0.6 is 0 Å². The maximum Gasteiger partial charge on any atom is 0.275 e. The lowest BCUT2D eigenvalue weighted by Crippen LogP contribution is -2.31. The molecular formula is C24H30N6O2. The summed E-state index contributed by atoms with van der Waals surface area (Å²) in [6.07, 6.45) is 6.24. The number of pyridine rings is 1. The summed E-state index contributed by atoms with van der Waals surface area (Å²) in [5.74, 6) is -0.265. The molecule has 2 aliphatic heterocycles. The third-order valence-corrected chi connectivity index (χ3v) is 5.91. The number of benzene rings is 1. The minimum absolute atomic E-state index is 0.265. The van der Waals surface area contributed by atoms with Crippen molar-refractivity contribution < 1.29 is 9.53 Å². The van der Waals surface area contributed by atoms with Crippen LogP contribution in [0.4, 0.5) is 17.1 Å². The summed E-state index contributed by atoms with van der Waals surface area (Å²) < 4.78 is 5.70. The lowest BCUT2D eigenvalue weighted by Gasteiger charge is -2.31.